The number of halogens is 3. The maximum Gasteiger partial charge on any atom is 0.433 e. The zero-order valence-corrected chi connectivity index (χ0v) is 17.2. The van der Waals surface area contributed by atoms with Crippen LogP contribution in [0.4, 0.5) is 13.2 Å². The number of carbonyl (C=O) groups is 2. The highest BCUT2D eigenvalue weighted by Crippen LogP contribution is 2.45. The van der Waals surface area contributed by atoms with Crippen molar-refractivity contribution in [1.29, 1.82) is 0 Å². The molecule has 1 aliphatic rings. The summed E-state index contributed by atoms with van der Waals surface area (Å²) < 4.78 is 52.3. The highest BCUT2D eigenvalue weighted by atomic mass is 19.4. The molecule has 6 nitrogen and oxygen atoms in total. The fourth-order valence-electron chi connectivity index (χ4n) is 3.84. The molecule has 164 valence electrons. The second-order valence-electron chi connectivity index (χ2n) is 7.42. The lowest BCUT2D eigenvalue weighted by Crippen LogP contribution is -2.37. The second kappa shape index (κ2) is 9.63. The summed E-state index contributed by atoms with van der Waals surface area (Å²) in [6, 6.07) is -0.544. The predicted octanol–water partition coefficient (Wildman–Crippen LogP) is 4.93. The highest BCUT2D eigenvalue weighted by molar-refractivity contribution is 5.90. The van der Waals surface area contributed by atoms with E-state index in [1.165, 1.54) is 0 Å². The predicted molar refractivity (Wildman–Crippen MR) is 99.3 cm³/mol. The van der Waals surface area contributed by atoms with Crippen molar-refractivity contribution >= 4 is 11.9 Å². The van der Waals surface area contributed by atoms with Gasteiger partial charge in [-0.2, -0.15) is 18.3 Å². The lowest BCUT2D eigenvalue weighted by atomic mass is 9.70. The molecule has 1 heterocycles. The Morgan fingerprint density at radius 1 is 1.21 bits per heavy atom. The number of ether oxygens (including phenoxy) is 2. The molecule has 29 heavy (non-hydrogen) atoms. The van der Waals surface area contributed by atoms with Gasteiger partial charge in [-0.1, -0.05) is 20.3 Å². The molecule has 1 aliphatic carbocycles. The van der Waals surface area contributed by atoms with Crippen molar-refractivity contribution in [2.24, 2.45) is 5.41 Å². The van der Waals surface area contributed by atoms with Crippen molar-refractivity contribution in [3.8, 4) is 0 Å². The molecule has 1 saturated carbocycles. The Balaban J connectivity index is 2.23. The lowest BCUT2D eigenvalue weighted by molar-refractivity contribution is -0.159. The minimum Gasteiger partial charge on any atom is -0.466 e. The first-order valence-corrected chi connectivity index (χ1v) is 10.2. The van der Waals surface area contributed by atoms with Gasteiger partial charge in [-0.15, -0.1) is 0 Å². The van der Waals surface area contributed by atoms with E-state index >= 15 is 0 Å². The number of nitrogens with zero attached hydrogens (tertiary/aromatic N) is 2. The van der Waals surface area contributed by atoms with Crippen LogP contribution < -0.4 is 0 Å². The molecule has 0 spiro atoms. The third kappa shape index (κ3) is 5.11. The number of carbonyl (C=O) groups excluding carboxylic acids is 2. The van der Waals surface area contributed by atoms with Gasteiger partial charge in [-0.3, -0.25) is 9.48 Å². The van der Waals surface area contributed by atoms with E-state index in [1.54, 1.807) is 6.92 Å². The van der Waals surface area contributed by atoms with E-state index in [0.717, 1.165) is 17.3 Å². The Morgan fingerprint density at radius 2 is 1.86 bits per heavy atom. The van der Waals surface area contributed by atoms with Gasteiger partial charge in [0.25, 0.3) is 0 Å². The fraction of sp³-hybridized carbons (Fsp3) is 0.750. The van der Waals surface area contributed by atoms with Crippen LogP contribution in [0.3, 0.4) is 0 Å². The van der Waals surface area contributed by atoms with E-state index in [2.05, 4.69) is 5.10 Å². The molecule has 0 atom stereocenters. The fourth-order valence-corrected chi connectivity index (χ4v) is 3.84. The topological polar surface area (TPSA) is 70.4 Å². The van der Waals surface area contributed by atoms with Gasteiger partial charge in [0.1, 0.15) is 5.56 Å². The van der Waals surface area contributed by atoms with Gasteiger partial charge in [0, 0.05) is 0 Å². The van der Waals surface area contributed by atoms with Crippen molar-refractivity contribution in [1.82, 2.24) is 9.78 Å². The zero-order valence-electron chi connectivity index (χ0n) is 17.2. The normalized spacial score (nSPS) is 22.3. The Morgan fingerprint density at radius 3 is 2.38 bits per heavy atom. The van der Waals surface area contributed by atoms with Crippen molar-refractivity contribution in [2.75, 3.05) is 13.2 Å². The van der Waals surface area contributed by atoms with Gasteiger partial charge >= 0.3 is 18.1 Å². The molecule has 2 rings (SSSR count). The van der Waals surface area contributed by atoms with Crippen LogP contribution in [0.1, 0.15) is 87.8 Å². The monoisotopic (exact) mass is 418 g/mol. The first-order valence-electron chi connectivity index (χ1n) is 10.2. The summed E-state index contributed by atoms with van der Waals surface area (Å²) in [4.78, 5) is 24.5. The average Bonchev–Trinajstić information content (AvgIpc) is 3.14. The molecule has 1 fully saturated rings. The van der Waals surface area contributed by atoms with Crippen LogP contribution in [0.25, 0.3) is 0 Å². The summed E-state index contributed by atoms with van der Waals surface area (Å²) in [5.74, 6) is -1.31. The number of rotatable bonds is 8. The van der Waals surface area contributed by atoms with Crippen molar-refractivity contribution < 1.29 is 32.2 Å². The molecule has 0 N–H and O–H groups in total. The molecular formula is C20H29F3N2O4. The van der Waals surface area contributed by atoms with Gasteiger partial charge in [-0.05, 0) is 45.4 Å². The van der Waals surface area contributed by atoms with Gasteiger partial charge in [0.05, 0.1) is 30.9 Å². The van der Waals surface area contributed by atoms with E-state index in [1.807, 2.05) is 13.8 Å². The van der Waals surface area contributed by atoms with Gasteiger partial charge < -0.3 is 9.47 Å². The molecule has 0 unspecified atom stereocenters. The smallest absolute Gasteiger partial charge is 0.433 e. The summed E-state index contributed by atoms with van der Waals surface area (Å²) in [6.07, 6.45) is -0.361. The van der Waals surface area contributed by atoms with Crippen LogP contribution in [-0.2, 0) is 20.4 Å². The molecule has 0 bridgehead atoms. The zero-order chi connectivity index (χ0) is 21.7. The number of unbranched alkanes of at least 4 members (excludes halogenated alkanes) is 1. The van der Waals surface area contributed by atoms with Crippen LogP contribution in [0.2, 0.25) is 0 Å². The van der Waals surface area contributed by atoms with Crippen LogP contribution in [0, 0.1) is 5.41 Å². The maximum absolute atomic E-state index is 13.7. The number of hydrogen-bond donors (Lipinski definition) is 0. The lowest BCUT2D eigenvalue weighted by Gasteiger charge is -2.37. The van der Waals surface area contributed by atoms with Crippen molar-refractivity contribution in [3.05, 3.63) is 17.5 Å². The van der Waals surface area contributed by atoms with Gasteiger partial charge in [0.2, 0.25) is 0 Å². The molecule has 9 heteroatoms. The third-order valence-corrected chi connectivity index (χ3v) is 5.66. The van der Waals surface area contributed by atoms with Crippen LogP contribution in [-0.4, -0.2) is 34.9 Å². The highest BCUT2D eigenvalue weighted by Gasteiger charge is 2.46. The number of alkyl halides is 3. The standard InChI is InChI=1S/C20H29F3N2O4/c1-4-7-12-29-17(26)15-13-24-25(16(15)20(21,22)23)14-8-10-19(5-2,11-9-14)18(27)28-6-3/h13-14H,4-12H2,1-3H3. The summed E-state index contributed by atoms with van der Waals surface area (Å²) in [6.45, 7) is 5.84. The van der Waals surface area contributed by atoms with Gasteiger partial charge in [0.15, 0.2) is 5.69 Å². The molecule has 1 aromatic heterocycles. The third-order valence-electron chi connectivity index (χ3n) is 5.66. The van der Waals surface area contributed by atoms with E-state index in [9.17, 15) is 22.8 Å². The summed E-state index contributed by atoms with van der Waals surface area (Å²) in [5, 5.41) is 3.89. The molecule has 1 aromatic rings. The van der Waals surface area contributed by atoms with E-state index in [4.69, 9.17) is 9.47 Å². The van der Waals surface area contributed by atoms with E-state index < -0.39 is 34.9 Å². The van der Waals surface area contributed by atoms with E-state index in [-0.39, 0.29) is 19.2 Å². The minimum absolute atomic E-state index is 0.0692. The Hall–Kier alpha value is -2.06. The van der Waals surface area contributed by atoms with Crippen LogP contribution in [0.15, 0.2) is 6.20 Å². The molecule has 0 saturated heterocycles. The van der Waals surface area contributed by atoms with E-state index in [0.29, 0.717) is 38.5 Å². The average molecular weight is 418 g/mol. The number of hydrogen-bond acceptors (Lipinski definition) is 5. The number of esters is 2. The number of aromatic nitrogens is 2. The molecule has 0 radical (unpaired) electrons. The first-order chi connectivity index (χ1) is 13.7. The Labute approximate surface area is 168 Å². The molecule has 0 amide bonds. The second-order valence-corrected chi connectivity index (χ2v) is 7.42. The van der Waals surface area contributed by atoms with Crippen LogP contribution >= 0.6 is 0 Å². The molecular weight excluding hydrogens is 389 g/mol. The Kier molecular flexibility index (Phi) is 7.71. The maximum atomic E-state index is 13.7. The molecule has 0 aliphatic heterocycles. The largest absolute Gasteiger partial charge is 0.466 e. The first kappa shape index (κ1) is 23.2. The minimum atomic E-state index is -4.74. The SMILES string of the molecule is CCCCOC(=O)c1cnn(C2CCC(CC)(C(=O)OCC)CC2)c1C(F)(F)F. The quantitative estimate of drug-likeness (QED) is 0.442. The summed E-state index contributed by atoms with van der Waals surface area (Å²) >= 11 is 0. The van der Waals surface area contributed by atoms with Crippen molar-refractivity contribution in [3.63, 3.8) is 0 Å². The van der Waals surface area contributed by atoms with Crippen molar-refractivity contribution in [2.45, 2.75) is 77.9 Å². The van der Waals surface area contributed by atoms with Crippen LogP contribution in [0.5, 0.6) is 0 Å². The molecule has 0 aromatic carbocycles. The summed E-state index contributed by atoms with van der Waals surface area (Å²) in [5.41, 5.74) is -2.31. The Bertz CT molecular complexity index is 707. The van der Waals surface area contributed by atoms with Gasteiger partial charge in [-0.25, -0.2) is 4.79 Å². The summed E-state index contributed by atoms with van der Waals surface area (Å²) in [7, 11) is 0.